The maximum atomic E-state index is 13.5. The Kier molecular flexibility index (Phi) is 10.2. The third-order valence-corrected chi connectivity index (χ3v) is 7.71. The predicted octanol–water partition coefficient (Wildman–Crippen LogP) is 4.85. The average molecular weight is 593 g/mol. The second-order valence-electron chi connectivity index (χ2n) is 8.01. The molecular formula is C23H28BrCl2N3O4S. The lowest BCUT2D eigenvalue weighted by molar-refractivity contribution is -0.139. The second-order valence-corrected chi connectivity index (χ2v) is 11.6. The topological polar surface area (TPSA) is 86.8 Å². The van der Waals surface area contributed by atoms with Crippen LogP contribution < -0.4 is 9.62 Å². The van der Waals surface area contributed by atoms with Crippen molar-refractivity contribution in [2.75, 3.05) is 17.1 Å². The van der Waals surface area contributed by atoms with Crippen LogP contribution in [0.1, 0.15) is 32.8 Å². The van der Waals surface area contributed by atoms with Gasteiger partial charge < -0.3 is 10.2 Å². The molecule has 2 aromatic rings. The molecule has 7 nitrogen and oxygen atoms in total. The van der Waals surface area contributed by atoms with Crippen LogP contribution in [0.15, 0.2) is 46.9 Å². The lowest BCUT2D eigenvalue weighted by Crippen LogP contribution is -2.52. The van der Waals surface area contributed by atoms with Crippen molar-refractivity contribution in [3.63, 3.8) is 0 Å². The van der Waals surface area contributed by atoms with Crippen LogP contribution in [0.4, 0.5) is 5.69 Å². The highest BCUT2D eigenvalue weighted by molar-refractivity contribution is 9.10. The van der Waals surface area contributed by atoms with Gasteiger partial charge in [0.15, 0.2) is 0 Å². The highest BCUT2D eigenvalue weighted by atomic mass is 79.9. The minimum atomic E-state index is -3.78. The Bertz CT molecular complexity index is 1130. The first-order chi connectivity index (χ1) is 15.8. The number of hydrogen-bond donors (Lipinski definition) is 1. The number of amides is 2. The monoisotopic (exact) mass is 591 g/mol. The van der Waals surface area contributed by atoms with Gasteiger partial charge in [-0.15, -0.1) is 0 Å². The number of nitrogens with zero attached hydrogens (tertiary/aromatic N) is 2. The van der Waals surface area contributed by atoms with E-state index in [-0.39, 0.29) is 18.5 Å². The average Bonchev–Trinajstić information content (AvgIpc) is 2.77. The molecule has 0 radical (unpaired) electrons. The van der Waals surface area contributed by atoms with Crippen LogP contribution in [-0.2, 0) is 26.2 Å². The zero-order valence-electron chi connectivity index (χ0n) is 19.4. The first-order valence-electron chi connectivity index (χ1n) is 10.6. The quantitative estimate of drug-likeness (QED) is 0.427. The summed E-state index contributed by atoms with van der Waals surface area (Å²) in [7, 11) is -3.78. The lowest BCUT2D eigenvalue weighted by Gasteiger charge is -2.32. The lowest BCUT2D eigenvalue weighted by atomic mass is 10.1. The molecule has 0 saturated carbocycles. The zero-order chi connectivity index (χ0) is 25.6. The number of carbonyl (C=O) groups is 2. The van der Waals surface area contributed by atoms with E-state index in [1.54, 1.807) is 49.4 Å². The van der Waals surface area contributed by atoms with Gasteiger partial charge in [0.25, 0.3) is 0 Å². The maximum absolute atomic E-state index is 13.5. The molecule has 1 N–H and O–H groups in total. The van der Waals surface area contributed by atoms with E-state index >= 15 is 0 Å². The summed E-state index contributed by atoms with van der Waals surface area (Å²) >= 11 is 15.5. The fourth-order valence-corrected chi connectivity index (χ4v) is 4.54. The molecule has 0 unspecified atom stereocenters. The molecule has 2 rings (SSSR count). The van der Waals surface area contributed by atoms with Gasteiger partial charge in [-0.05, 0) is 62.2 Å². The minimum absolute atomic E-state index is 0.0444. The Morgan fingerprint density at radius 1 is 1.06 bits per heavy atom. The minimum Gasteiger partial charge on any atom is -0.352 e. The van der Waals surface area contributed by atoms with Crippen molar-refractivity contribution in [3.05, 3.63) is 62.5 Å². The third-order valence-electron chi connectivity index (χ3n) is 5.30. The Labute approximate surface area is 219 Å². The molecule has 0 aromatic heterocycles. The van der Waals surface area contributed by atoms with Gasteiger partial charge in [-0.25, -0.2) is 8.42 Å². The van der Waals surface area contributed by atoms with E-state index in [2.05, 4.69) is 21.2 Å². The standard InChI is InChI=1S/C23H28BrCl2N3O4S/c1-5-15(2)27-23(31)16(3)28(13-17-6-11-20(25)21(26)12-17)22(30)14-29(34(4,32)33)19-9-7-18(24)8-10-19/h6-12,15-16H,5,13-14H2,1-4H3,(H,27,31)/t15-,16+/m1/s1. The van der Waals surface area contributed by atoms with Gasteiger partial charge in [-0.3, -0.25) is 13.9 Å². The smallest absolute Gasteiger partial charge is 0.244 e. The summed E-state index contributed by atoms with van der Waals surface area (Å²) in [6, 6.07) is 10.6. The van der Waals surface area contributed by atoms with Crippen LogP contribution in [0.25, 0.3) is 0 Å². The van der Waals surface area contributed by atoms with Crippen molar-refractivity contribution >= 4 is 66.7 Å². The van der Waals surface area contributed by atoms with Crippen molar-refractivity contribution in [1.29, 1.82) is 0 Å². The first kappa shape index (κ1) is 28.4. The molecule has 186 valence electrons. The zero-order valence-corrected chi connectivity index (χ0v) is 23.3. The fourth-order valence-electron chi connectivity index (χ4n) is 3.10. The van der Waals surface area contributed by atoms with E-state index in [0.29, 0.717) is 21.3 Å². The molecule has 34 heavy (non-hydrogen) atoms. The van der Waals surface area contributed by atoms with Crippen LogP contribution in [0.5, 0.6) is 0 Å². The van der Waals surface area contributed by atoms with E-state index in [1.165, 1.54) is 4.90 Å². The summed E-state index contributed by atoms with van der Waals surface area (Å²) < 4.78 is 26.9. The summed E-state index contributed by atoms with van der Waals surface area (Å²) in [6.07, 6.45) is 1.76. The number of rotatable bonds is 10. The molecule has 2 amide bonds. The van der Waals surface area contributed by atoms with Crippen LogP contribution in [0.3, 0.4) is 0 Å². The van der Waals surface area contributed by atoms with Crippen LogP contribution in [0, 0.1) is 0 Å². The van der Waals surface area contributed by atoms with Gasteiger partial charge in [-0.1, -0.05) is 52.1 Å². The molecule has 0 aliphatic rings. The van der Waals surface area contributed by atoms with E-state index in [4.69, 9.17) is 23.2 Å². The highest BCUT2D eigenvalue weighted by Gasteiger charge is 2.30. The highest BCUT2D eigenvalue weighted by Crippen LogP contribution is 2.25. The molecular weight excluding hydrogens is 565 g/mol. The number of sulfonamides is 1. The third kappa shape index (κ3) is 7.86. The predicted molar refractivity (Wildman–Crippen MR) is 141 cm³/mol. The van der Waals surface area contributed by atoms with Gasteiger partial charge in [0, 0.05) is 17.1 Å². The summed E-state index contributed by atoms with van der Waals surface area (Å²) in [4.78, 5) is 27.7. The normalized spacial score (nSPS) is 13.1. The number of benzene rings is 2. The van der Waals surface area contributed by atoms with E-state index in [9.17, 15) is 18.0 Å². The molecule has 0 spiro atoms. The molecule has 11 heteroatoms. The van der Waals surface area contributed by atoms with Gasteiger partial charge in [0.2, 0.25) is 21.8 Å². The van der Waals surface area contributed by atoms with Gasteiger partial charge in [-0.2, -0.15) is 0 Å². The molecule has 0 fully saturated rings. The SMILES string of the molecule is CC[C@@H](C)NC(=O)[C@H](C)N(Cc1ccc(Cl)c(Cl)c1)C(=O)CN(c1ccc(Br)cc1)S(C)(=O)=O. The van der Waals surface area contributed by atoms with Gasteiger partial charge >= 0.3 is 0 Å². The van der Waals surface area contributed by atoms with Crippen molar-refractivity contribution in [2.45, 2.75) is 45.8 Å². The van der Waals surface area contributed by atoms with E-state index in [0.717, 1.165) is 21.5 Å². The van der Waals surface area contributed by atoms with Crippen molar-refractivity contribution < 1.29 is 18.0 Å². The van der Waals surface area contributed by atoms with Crippen LogP contribution in [0.2, 0.25) is 10.0 Å². The van der Waals surface area contributed by atoms with Crippen molar-refractivity contribution in [1.82, 2.24) is 10.2 Å². The molecule has 0 aliphatic carbocycles. The van der Waals surface area contributed by atoms with Crippen molar-refractivity contribution in [3.8, 4) is 0 Å². The summed E-state index contributed by atoms with van der Waals surface area (Å²) in [5, 5.41) is 3.56. The molecule has 2 aromatic carbocycles. The summed E-state index contributed by atoms with van der Waals surface area (Å²) in [5.41, 5.74) is 0.991. The Morgan fingerprint density at radius 2 is 1.68 bits per heavy atom. The van der Waals surface area contributed by atoms with Crippen LogP contribution >= 0.6 is 39.1 Å². The number of carbonyl (C=O) groups excluding carboxylic acids is 2. The number of halogens is 3. The maximum Gasteiger partial charge on any atom is 0.244 e. The molecule has 0 aliphatic heterocycles. The number of hydrogen-bond acceptors (Lipinski definition) is 4. The number of anilines is 1. The summed E-state index contributed by atoms with van der Waals surface area (Å²) in [5.74, 6) is -0.872. The van der Waals surface area contributed by atoms with E-state index < -0.39 is 28.5 Å². The Morgan fingerprint density at radius 3 is 2.21 bits per heavy atom. The Balaban J connectivity index is 2.40. The van der Waals surface area contributed by atoms with Gasteiger partial charge in [0.1, 0.15) is 12.6 Å². The Hall–Kier alpha value is -1.81. The second kappa shape index (κ2) is 12.2. The largest absolute Gasteiger partial charge is 0.352 e. The molecule has 0 saturated heterocycles. The molecule has 0 heterocycles. The van der Waals surface area contributed by atoms with Crippen LogP contribution in [-0.4, -0.2) is 50.0 Å². The number of nitrogens with one attached hydrogen (secondary N) is 1. The summed E-state index contributed by atoms with van der Waals surface area (Å²) in [6.45, 7) is 4.99. The van der Waals surface area contributed by atoms with Gasteiger partial charge in [0.05, 0.1) is 22.0 Å². The fraction of sp³-hybridized carbons (Fsp3) is 0.391. The first-order valence-corrected chi connectivity index (χ1v) is 14.0. The van der Waals surface area contributed by atoms with Crippen molar-refractivity contribution in [2.24, 2.45) is 0 Å². The van der Waals surface area contributed by atoms with E-state index in [1.807, 2.05) is 13.8 Å². The molecule has 2 atom stereocenters. The molecule has 0 bridgehead atoms.